The largest absolute Gasteiger partial charge is 0.495 e. The van der Waals surface area contributed by atoms with Crippen LogP contribution < -0.4 is 15.0 Å². The van der Waals surface area contributed by atoms with Crippen molar-refractivity contribution in [3.63, 3.8) is 0 Å². The molecular weight excluding hydrogens is 272 g/mol. The molecule has 0 aliphatic carbocycles. The lowest BCUT2D eigenvalue weighted by atomic mass is 10.2. The fraction of sp³-hybridized carbons (Fsp3) is 0.250. The molecule has 3 nitrogen and oxygen atoms in total. The first-order valence-electron chi connectivity index (χ1n) is 6.44. The summed E-state index contributed by atoms with van der Waals surface area (Å²) in [4.78, 5) is 2.08. The molecule has 2 rings (SSSR count). The number of ether oxygens (including phenoxy) is 1. The summed E-state index contributed by atoms with van der Waals surface area (Å²) < 4.78 is 5.14. The molecule has 0 heterocycles. The molecule has 1 N–H and O–H groups in total. The van der Waals surface area contributed by atoms with E-state index in [1.165, 1.54) is 5.69 Å². The van der Waals surface area contributed by atoms with Gasteiger partial charge in [-0.1, -0.05) is 17.7 Å². The molecule has 0 aromatic heterocycles. The van der Waals surface area contributed by atoms with E-state index < -0.39 is 0 Å². The van der Waals surface area contributed by atoms with E-state index in [2.05, 4.69) is 34.5 Å². The lowest BCUT2D eigenvalue weighted by Gasteiger charge is -2.13. The Labute approximate surface area is 125 Å². The summed E-state index contributed by atoms with van der Waals surface area (Å²) in [5.41, 5.74) is 3.39. The van der Waals surface area contributed by atoms with Crippen LogP contribution in [-0.4, -0.2) is 21.2 Å². The van der Waals surface area contributed by atoms with E-state index in [9.17, 15) is 0 Å². The first kappa shape index (κ1) is 14.5. The predicted molar refractivity (Wildman–Crippen MR) is 86.1 cm³/mol. The number of nitrogens with zero attached hydrogens (tertiary/aromatic N) is 1. The number of rotatable bonds is 5. The van der Waals surface area contributed by atoms with Gasteiger partial charge in [0.2, 0.25) is 0 Å². The molecule has 0 saturated carbocycles. The van der Waals surface area contributed by atoms with E-state index in [-0.39, 0.29) is 0 Å². The van der Waals surface area contributed by atoms with Crippen LogP contribution in [0.25, 0.3) is 0 Å². The van der Waals surface area contributed by atoms with Gasteiger partial charge in [-0.2, -0.15) is 0 Å². The van der Waals surface area contributed by atoms with Crippen LogP contribution in [0.4, 0.5) is 11.4 Å². The minimum absolute atomic E-state index is 0.634. The van der Waals surface area contributed by atoms with Crippen LogP contribution in [-0.2, 0) is 6.54 Å². The van der Waals surface area contributed by atoms with Gasteiger partial charge >= 0.3 is 0 Å². The lowest BCUT2D eigenvalue weighted by molar-refractivity contribution is 0.415. The second-order valence-corrected chi connectivity index (χ2v) is 5.17. The SMILES string of the molecule is COc1ccc(CNc2ccc(N(C)C)cc2)cc1Cl. The Morgan fingerprint density at radius 1 is 1.10 bits per heavy atom. The highest BCUT2D eigenvalue weighted by molar-refractivity contribution is 6.32. The minimum Gasteiger partial charge on any atom is -0.495 e. The minimum atomic E-state index is 0.634. The van der Waals surface area contributed by atoms with Gasteiger partial charge in [-0.05, 0) is 42.0 Å². The Balaban J connectivity index is 1.99. The summed E-state index contributed by atoms with van der Waals surface area (Å²) in [5, 5.41) is 4.01. The molecule has 0 saturated heterocycles. The number of halogens is 1. The van der Waals surface area contributed by atoms with Crippen molar-refractivity contribution in [2.45, 2.75) is 6.54 Å². The highest BCUT2D eigenvalue weighted by Crippen LogP contribution is 2.25. The molecule has 0 atom stereocenters. The van der Waals surface area contributed by atoms with Crippen molar-refractivity contribution >= 4 is 23.0 Å². The molecule has 0 amide bonds. The maximum atomic E-state index is 6.11. The zero-order valence-corrected chi connectivity index (χ0v) is 12.7. The molecule has 0 radical (unpaired) electrons. The summed E-state index contributed by atoms with van der Waals surface area (Å²) in [7, 11) is 5.68. The van der Waals surface area contributed by atoms with Crippen LogP contribution in [0.2, 0.25) is 5.02 Å². The summed E-state index contributed by atoms with van der Waals surface area (Å²) >= 11 is 6.11. The Bertz CT molecular complexity index is 567. The maximum Gasteiger partial charge on any atom is 0.137 e. The molecule has 2 aromatic rings. The number of nitrogens with one attached hydrogen (secondary N) is 1. The monoisotopic (exact) mass is 290 g/mol. The van der Waals surface area contributed by atoms with Gasteiger partial charge in [0.25, 0.3) is 0 Å². The van der Waals surface area contributed by atoms with Crippen molar-refractivity contribution in [3.8, 4) is 5.75 Å². The zero-order chi connectivity index (χ0) is 14.5. The molecule has 0 aliphatic rings. The second-order valence-electron chi connectivity index (χ2n) is 4.76. The van der Waals surface area contributed by atoms with Crippen molar-refractivity contribution < 1.29 is 4.74 Å². The van der Waals surface area contributed by atoms with Crippen LogP contribution in [0.5, 0.6) is 5.75 Å². The average molecular weight is 291 g/mol. The normalized spacial score (nSPS) is 10.2. The first-order chi connectivity index (χ1) is 9.60. The topological polar surface area (TPSA) is 24.5 Å². The van der Waals surface area contributed by atoms with Crippen LogP contribution in [0.15, 0.2) is 42.5 Å². The molecule has 0 bridgehead atoms. The van der Waals surface area contributed by atoms with Crippen LogP contribution in [0.3, 0.4) is 0 Å². The third-order valence-electron chi connectivity index (χ3n) is 3.10. The van der Waals surface area contributed by atoms with E-state index >= 15 is 0 Å². The van der Waals surface area contributed by atoms with Crippen molar-refractivity contribution in [1.29, 1.82) is 0 Å². The van der Waals surface area contributed by atoms with Gasteiger partial charge in [0.15, 0.2) is 0 Å². The number of hydrogen-bond donors (Lipinski definition) is 1. The van der Waals surface area contributed by atoms with Gasteiger partial charge < -0.3 is 15.0 Å². The molecule has 106 valence electrons. The summed E-state index contributed by atoms with van der Waals surface area (Å²) in [6.45, 7) is 0.727. The fourth-order valence-electron chi connectivity index (χ4n) is 1.90. The van der Waals surface area contributed by atoms with E-state index in [0.717, 1.165) is 17.8 Å². The van der Waals surface area contributed by atoms with Gasteiger partial charge in [-0.25, -0.2) is 0 Å². The highest BCUT2D eigenvalue weighted by atomic mass is 35.5. The van der Waals surface area contributed by atoms with Crippen LogP contribution in [0.1, 0.15) is 5.56 Å². The Morgan fingerprint density at radius 2 is 1.80 bits per heavy atom. The third-order valence-corrected chi connectivity index (χ3v) is 3.39. The third kappa shape index (κ3) is 3.58. The lowest BCUT2D eigenvalue weighted by Crippen LogP contribution is -2.08. The van der Waals surface area contributed by atoms with Crippen molar-refractivity contribution in [2.24, 2.45) is 0 Å². The average Bonchev–Trinajstić information content (AvgIpc) is 2.45. The Hall–Kier alpha value is -1.87. The van der Waals surface area contributed by atoms with Crippen molar-refractivity contribution in [2.75, 3.05) is 31.4 Å². The van der Waals surface area contributed by atoms with E-state index in [4.69, 9.17) is 16.3 Å². The van der Waals surface area contributed by atoms with Gasteiger partial charge in [0, 0.05) is 32.0 Å². The standard InChI is InChI=1S/C16H19ClN2O/c1-19(2)14-7-5-13(6-8-14)18-11-12-4-9-16(20-3)15(17)10-12/h4-10,18H,11H2,1-3H3. The number of anilines is 2. The van der Waals surface area contributed by atoms with Gasteiger partial charge in [0.05, 0.1) is 12.1 Å². The molecule has 0 fully saturated rings. The van der Waals surface area contributed by atoms with Gasteiger partial charge in [-0.15, -0.1) is 0 Å². The zero-order valence-electron chi connectivity index (χ0n) is 12.0. The van der Waals surface area contributed by atoms with Gasteiger partial charge in [0.1, 0.15) is 5.75 Å². The summed E-state index contributed by atoms with van der Waals surface area (Å²) in [5.74, 6) is 0.700. The number of methoxy groups -OCH3 is 1. The maximum absolute atomic E-state index is 6.11. The Morgan fingerprint density at radius 3 is 2.35 bits per heavy atom. The van der Waals surface area contributed by atoms with E-state index in [1.54, 1.807) is 7.11 Å². The fourth-order valence-corrected chi connectivity index (χ4v) is 2.18. The molecule has 0 aliphatic heterocycles. The van der Waals surface area contributed by atoms with Crippen molar-refractivity contribution in [3.05, 3.63) is 53.1 Å². The number of benzene rings is 2. The van der Waals surface area contributed by atoms with E-state index in [0.29, 0.717) is 10.8 Å². The van der Waals surface area contributed by atoms with Crippen molar-refractivity contribution in [1.82, 2.24) is 0 Å². The molecule has 20 heavy (non-hydrogen) atoms. The molecular formula is C16H19ClN2O. The smallest absolute Gasteiger partial charge is 0.137 e. The summed E-state index contributed by atoms with van der Waals surface area (Å²) in [6.07, 6.45) is 0. The summed E-state index contributed by atoms with van der Waals surface area (Å²) in [6, 6.07) is 14.1. The van der Waals surface area contributed by atoms with Crippen LogP contribution in [0, 0.1) is 0 Å². The quantitative estimate of drug-likeness (QED) is 0.900. The molecule has 2 aromatic carbocycles. The van der Waals surface area contributed by atoms with Gasteiger partial charge in [-0.3, -0.25) is 0 Å². The van der Waals surface area contributed by atoms with E-state index in [1.807, 2.05) is 32.3 Å². The highest BCUT2D eigenvalue weighted by Gasteiger charge is 2.02. The predicted octanol–water partition coefficient (Wildman–Crippen LogP) is 4.03. The second kappa shape index (κ2) is 6.53. The number of hydrogen-bond acceptors (Lipinski definition) is 3. The molecule has 0 spiro atoms. The van der Waals surface area contributed by atoms with Crippen LogP contribution >= 0.6 is 11.6 Å². The molecule has 0 unspecified atom stereocenters. The first-order valence-corrected chi connectivity index (χ1v) is 6.81. The molecule has 4 heteroatoms. The Kier molecular flexibility index (Phi) is 4.74.